The van der Waals surface area contributed by atoms with Gasteiger partial charge in [0, 0.05) is 13.1 Å². The highest BCUT2D eigenvalue weighted by Crippen LogP contribution is 2.21. The standard InChI is InChI=1S/C15H28N2O3/c1-3-6-12-8-5-10-17(11-9-12)15(20)16-13(7-4-2)14(18)19/h12-13H,3-11H2,1-2H3,(H,16,20)(H,18,19)/t12?,13-/m0/s1. The third-order valence-electron chi connectivity index (χ3n) is 4.00. The Morgan fingerprint density at radius 1 is 1.25 bits per heavy atom. The molecule has 1 fully saturated rings. The van der Waals surface area contributed by atoms with Gasteiger partial charge in [-0.15, -0.1) is 0 Å². The second kappa shape index (κ2) is 8.82. The number of carbonyl (C=O) groups excluding carboxylic acids is 1. The summed E-state index contributed by atoms with van der Waals surface area (Å²) in [5.41, 5.74) is 0. The Labute approximate surface area is 121 Å². The normalized spacial score (nSPS) is 21.1. The molecular weight excluding hydrogens is 256 g/mol. The fourth-order valence-electron chi connectivity index (χ4n) is 2.85. The van der Waals surface area contributed by atoms with Crippen LogP contribution in [0.4, 0.5) is 4.79 Å². The van der Waals surface area contributed by atoms with Gasteiger partial charge in [-0.2, -0.15) is 0 Å². The minimum absolute atomic E-state index is 0.219. The van der Waals surface area contributed by atoms with Gasteiger partial charge in [0.2, 0.25) is 0 Å². The number of nitrogens with one attached hydrogen (secondary N) is 1. The van der Waals surface area contributed by atoms with Crippen LogP contribution in [0.3, 0.4) is 0 Å². The predicted octanol–water partition coefficient (Wildman–Crippen LogP) is 2.85. The lowest BCUT2D eigenvalue weighted by Gasteiger charge is -2.23. The van der Waals surface area contributed by atoms with Crippen LogP contribution in [0.2, 0.25) is 0 Å². The number of aliphatic carboxylic acids is 1. The molecule has 0 saturated carbocycles. The number of carboxylic acids is 1. The number of nitrogens with zero attached hydrogens (tertiary/aromatic N) is 1. The number of carboxylic acid groups (broad SMARTS) is 1. The Kier molecular flexibility index (Phi) is 7.41. The second-order valence-electron chi connectivity index (χ2n) is 5.70. The molecule has 1 saturated heterocycles. The number of carbonyl (C=O) groups is 2. The maximum atomic E-state index is 12.2. The average Bonchev–Trinajstić information content (AvgIpc) is 2.64. The van der Waals surface area contributed by atoms with Crippen molar-refractivity contribution in [3.05, 3.63) is 0 Å². The van der Waals surface area contributed by atoms with E-state index in [9.17, 15) is 9.59 Å². The van der Waals surface area contributed by atoms with Gasteiger partial charge in [-0.1, -0.05) is 33.1 Å². The SMILES string of the molecule is CCCC1CCCN(C(=O)N[C@@H](CCC)C(=O)O)CC1. The van der Waals surface area contributed by atoms with Crippen molar-refractivity contribution in [1.82, 2.24) is 10.2 Å². The molecule has 0 aromatic carbocycles. The van der Waals surface area contributed by atoms with E-state index in [-0.39, 0.29) is 6.03 Å². The van der Waals surface area contributed by atoms with Crippen LogP contribution in [-0.2, 0) is 4.79 Å². The summed E-state index contributed by atoms with van der Waals surface area (Å²) in [5, 5.41) is 11.7. The van der Waals surface area contributed by atoms with Crippen LogP contribution in [0.15, 0.2) is 0 Å². The summed E-state index contributed by atoms with van der Waals surface area (Å²) in [6.07, 6.45) is 6.87. The third-order valence-corrected chi connectivity index (χ3v) is 4.00. The molecule has 1 heterocycles. The first-order valence-electron chi connectivity index (χ1n) is 7.86. The number of urea groups is 1. The Morgan fingerprint density at radius 2 is 2.00 bits per heavy atom. The first-order chi connectivity index (χ1) is 9.58. The molecule has 2 amide bonds. The summed E-state index contributed by atoms with van der Waals surface area (Å²) >= 11 is 0. The Morgan fingerprint density at radius 3 is 2.60 bits per heavy atom. The van der Waals surface area contributed by atoms with Crippen LogP contribution in [0.5, 0.6) is 0 Å². The zero-order valence-corrected chi connectivity index (χ0v) is 12.7. The van der Waals surface area contributed by atoms with E-state index in [0.29, 0.717) is 12.3 Å². The molecule has 0 aliphatic carbocycles. The van der Waals surface area contributed by atoms with Gasteiger partial charge >= 0.3 is 12.0 Å². The largest absolute Gasteiger partial charge is 0.480 e. The summed E-state index contributed by atoms with van der Waals surface area (Å²) in [6.45, 7) is 5.60. The van der Waals surface area contributed by atoms with E-state index < -0.39 is 12.0 Å². The molecule has 0 aromatic heterocycles. The fourth-order valence-corrected chi connectivity index (χ4v) is 2.85. The second-order valence-corrected chi connectivity index (χ2v) is 5.70. The van der Waals surface area contributed by atoms with Crippen LogP contribution in [0.25, 0.3) is 0 Å². The zero-order chi connectivity index (χ0) is 15.0. The van der Waals surface area contributed by atoms with Gasteiger partial charge in [0.15, 0.2) is 0 Å². The maximum Gasteiger partial charge on any atom is 0.326 e. The van der Waals surface area contributed by atoms with Gasteiger partial charge in [0.1, 0.15) is 6.04 Å². The van der Waals surface area contributed by atoms with Crippen molar-refractivity contribution in [2.75, 3.05) is 13.1 Å². The van der Waals surface area contributed by atoms with E-state index in [2.05, 4.69) is 12.2 Å². The maximum absolute atomic E-state index is 12.2. The topological polar surface area (TPSA) is 69.6 Å². The molecule has 0 aromatic rings. The number of rotatable bonds is 6. The molecule has 116 valence electrons. The zero-order valence-electron chi connectivity index (χ0n) is 12.7. The molecule has 2 atom stereocenters. The smallest absolute Gasteiger partial charge is 0.326 e. The van der Waals surface area contributed by atoms with Crippen LogP contribution in [0, 0.1) is 5.92 Å². The number of hydrogen-bond acceptors (Lipinski definition) is 2. The van der Waals surface area contributed by atoms with Crippen molar-refractivity contribution in [3.63, 3.8) is 0 Å². The third kappa shape index (κ3) is 5.39. The van der Waals surface area contributed by atoms with Gasteiger partial charge in [0.05, 0.1) is 0 Å². The van der Waals surface area contributed by atoms with E-state index in [0.717, 1.165) is 32.4 Å². The summed E-state index contributed by atoms with van der Waals surface area (Å²) in [6, 6.07) is -0.981. The van der Waals surface area contributed by atoms with Crippen molar-refractivity contribution >= 4 is 12.0 Å². The number of likely N-dealkylation sites (tertiary alicyclic amines) is 1. The lowest BCUT2D eigenvalue weighted by molar-refractivity contribution is -0.139. The quantitative estimate of drug-likeness (QED) is 0.788. The summed E-state index contributed by atoms with van der Waals surface area (Å²) in [5.74, 6) is -0.234. The molecule has 1 aliphatic rings. The molecular formula is C15H28N2O3. The predicted molar refractivity (Wildman–Crippen MR) is 78.7 cm³/mol. The highest BCUT2D eigenvalue weighted by Gasteiger charge is 2.24. The van der Waals surface area contributed by atoms with E-state index >= 15 is 0 Å². The molecule has 1 unspecified atom stereocenters. The van der Waals surface area contributed by atoms with Crippen LogP contribution < -0.4 is 5.32 Å². The Bertz CT molecular complexity index is 320. The molecule has 2 N–H and O–H groups in total. The lowest BCUT2D eigenvalue weighted by Crippen LogP contribution is -2.48. The van der Waals surface area contributed by atoms with Crippen molar-refractivity contribution < 1.29 is 14.7 Å². The first-order valence-corrected chi connectivity index (χ1v) is 7.86. The van der Waals surface area contributed by atoms with Gasteiger partial charge in [0.25, 0.3) is 0 Å². The fraction of sp³-hybridized carbons (Fsp3) is 0.867. The van der Waals surface area contributed by atoms with Crippen molar-refractivity contribution in [2.45, 2.75) is 64.8 Å². The minimum atomic E-state index is -0.945. The van der Waals surface area contributed by atoms with E-state index in [1.54, 1.807) is 4.90 Å². The first kappa shape index (κ1) is 16.8. The molecule has 0 radical (unpaired) electrons. The van der Waals surface area contributed by atoms with E-state index in [1.807, 2.05) is 6.92 Å². The molecule has 5 nitrogen and oxygen atoms in total. The molecule has 5 heteroatoms. The van der Waals surface area contributed by atoms with Crippen LogP contribution in [0.1, 0.15) is 58.8 Å². The van der Waals surface area contributed by atoms with Gasteiger partial charge in [-0.05, 0) is 31.6 Å². The minimum Gasteiger partial charge on any atom is -0.480 e. The summed E-state index contributed by atoms with van der Waals surface area (Å²) in [7, 11) is 0. The van der Waals surface area contributed by atoms with Gasteiger partial charge in [-0.25, -0.2) is 9.59 Å². The van der Waals surface area contributed by atoms with Gasteiger partial charge in [-0.3, -0.25) is 0 Å². The molecule has 1 rings (SSSR count). The van der Waals surface area contributed by atoms with Gasteiger partial charge < -0.3 is 15.3 Å². The van der Waals surface area contributed by atoms with Crippen molar-refractivity contribution in [3.8, 4) is 0 Å². The van der Waals surface area contributed by atoms with Crippen LogP contribution in [-0.4, -0.2) is 41.1 Å². The van der Waals surface area contributed by atoms with Crippen LogP contribution >= 0.6 is 0 Å². The average molecular weight is 284 g/mol. The highest BCUT2D eigenvalue weighted by molar-refractivity contribution is 5.82. The molecule has 0 bridgehead atoms. The molecule has 20 heavy (non-hydrogen) atoms. The van der Waals surface area contributed by atoms with E-state index in [4.69, 9.17) is 5.11 Å². The summed E-state index contributed by atoms with van der Waals surface area (Å²) in [4.78, 5) is 25.0. The highest BCUT2D eigenvalue weighted by atomic mass is 16.4. The lowest BCUT2D eigenvalue weighted by atomic mass is 9.96. The Hall–Kier alpha value is -1.26. The summed E-state index contributed by atoms with van der Waals surface area (Å²) < 4.78 is 0. The van der Waals surface area contributed by atoms with Crippen molar-refractivity contribution in [2.24, 2.45) is 5.92 Å². The molecule has 0 spiro atoms. The molecule has 1 aliphatic heterocycles. The number of amides is 2. The number of hydrogen-bond donors (Lipinski definition) is 2. The van der Waals surface area contributed by atoms with E-state index in [1.165, 1.54) is 19.3 Å². The monoisotopic (exact) mass is 284 g/mol. The van der Waals surface area contributed by atoms with Crippen molar-refractivity contribution in [1.29, 1.82) is 0 Å². The Balaban J connectivity index is 2.48.